The number of pyridine rings is 1. The maximum Gasteiger partial charge on any atom is 0.256 e. The molecule has 0 aromatic carbocycles. The molecule has 0 spiro atoms. The number of carbonyl (C=O) groups is 1. The number of amides is 1. The molecule has 0 aliphatic carbocycles. The van der Waals surface area contributed by atoms with Crippen molar-refractivity contribution in [3.63, 3.8) is 0 Å². The molecule has 1 amide bonds. The van der Waals surface area contributed by atoms with Crippen molar-refractivity contribution < 1.29 is 9.53 Å². The molecule has 1 rings (SSSR count). The average molecular weight is 329 g/mol. The topological polar surface area (TPSA) is 51.2 Å². The summed E-state index contributed by atoms with van der Waals surface area (Å²) >= 11 is 3.59. The normalized spacial score (nSPS) is 12.9. The molecule has 1 N–H and O–H groups in total. The molecule has 0 bridgehead atoms. The first-order valence-corrected chi connectivity index (χ1v) is 7.16. The van der Waals surface area contributed by atoms with Crippen LogP contribution in [0.4, 0.5) is 0 Å². The minimum absolute atomic E-state index is 0.164. The second kappa shape index (κ2) is 6.89. The van der Waals surface area contributed by atoms with E-state index >= 15 is 0 Å². The lowest BCUT2D eigenvalue weighted by Crippen LogP contribution is -2.31. The van der Waals surface area contributed by atoms with Gasteiger partial charge in [0, 0.05) is 17.6 Å². The second-order valence-electron chi connectivity index (χ2n) is 5.63. The van der Waals surface area contributed by atoms with Gasteiger partial charge in [0.2, 0.25) is 5.88 Å². The van der Waals surface area contributed by atoms with Gasteiger partial charge in [0.1, 0.15) is 5.56 Å². The van der Waals surface area contributed by atoms with E-state index in [0.29, 0.717) is 18.0 Å². The van der Waals surface area contributed by atoms with Crippen LogP contribution in [0.2, 0.25) is 0 Å². The molecule has 0 aliphatic heterocycles. The first-order valence-electron chi connectivity index (χ1n) is 6.25. The highest BCUT2D eigenvalue weighted by atomic mass is 79.9. The molecule has 0 aliphatic rings. The van der Waals surface area contributed by atoms with Crippen LogP contribution in [0.5, 0.6) is 5.88 Å². The van der Waals surface area contributed by atoms with Gasteiger partial charge in [-0.25, -0.2) is 4.98 Å². The van der Waals surface area contributed by atoms with E-state index in [1.807, 2.05) is 0 Å². The summed E-state index contributed by atoms with van der Waals surface area (Å²) in [6.07, 6.45) is 2.58. The van der Waals surface area contributed by atoms with Crippen LogP contribution in [0.3, 0.4) is 0 Å². The van der Waals surface area contributed by atoms with Crippen LogP contribution in [-0.2, 0) is 0 Å². The highest BCUT2D eigenvalue weighted by molar-refractivity contribution is 9.09. The number of hydrogen-bond donors (Lipinski definition) is 1. The molecular formula is C14H21BrN2O2. The van der Waals surface area contributed by atoms with Crippen LogP contribution in [0.25, 0.3) is 0 Å². The number of methoxy groups -OCH3 is 1. The van der Waals surface area contributed by atoms with Crippen LogP contribution in [0.15, 0.2) is 18.3 Å². The minimum atomic E-state index is -0.164. The number of nitrogens with one attached hydrogen (secondary N) is 1. The third-order valence-corrected chi connectivity index (χ3v) is 3.17. The van der Waals surface area contributed by atoms with Gasteiger partial charge >= 0.3 is 0 Å². The SMILES string of the molecule is COc1ncccc1C(=O)NCC(Br)CC(C)(C)C. The summed E-state index contributed by atoms with van der Waals surface area (Å²) in [7, 11) is 1.51. The van der Waals surface area contributed by atoms with Gasteiger partial charge in [0.25, 0.3) is 5.91 Å². The van der Waals surface area contributed by atoms with Crippen LogP contribution < -0.4 is 10.1 Å². The first kappa shape index (κ1) is 16.0. The lowest BCUT2D eigenvalue weighted by atomic mass is 9.90. The lowest BCUT2D eigenvalue weighted by Gasteiger charge is -2.22. The van der Waals surface area contributed by atoms with Crippen molar-refractivity contribution in [2.24, 2.45) is 5.41 Å². The Morgan fingerprint density at radius 3 is 2.79 bits per heavy atom. The fourth-order valence-corrected chi connectivity index (χ4v) is 2.89. The molecule has 1 atom stereocenters. The minimum Gasteiger partial charge on any atom is -0.480 e. The Balaban J connectivity index is 2.56. The van der Waals surface area contributed by atoms with Crippen molar-refractivity contribution >= 4 is 21.8 Å². The Bertz CT molecular complexity index is 430. The van der Waals surface area contributed by atoms with Crippen LogP contribution in [0.1, 0.15) is 37.6 Å². The van der Waals surface area contributed by atoms with Crippen LogP contribution in [0, 0.1) is 5.41 Å². The van der Waals surface area contributed by atoms with E-state index in [9.17, 15) is 4.79 Å². The second-order valence-corrected chi connectivity index (χ2v) is 6.93. The van der Waals surface area contributed by atoms with Gasteiger partial charge in [0.15, 0.2) is 0 Å². The van der Waals surface area contributed by atoms with E-state index in [1.54, 1.807) is 18.3 Å². The number of alkyl halides is 1. The monoisotopic (exact) mass is 328 g/mol. The summed E-state index contributed by atoms with van der Waals surface area (Å²) in [5.74, 6) is 0.185. The summed E-state index contributed by atoms with van der Waals surface area (Å²) < 4.78 is 5.07. The van der Waals surface area contributed by atoms with Crippen molar-refractivity contribution in [2.45, 2.75) is 32.0 Å². The number of nitrogens with zero attached hydrogens (tertiary/aromatic N) is 1. The molecule has 1 unspecified atom stereocenters. The number of halogens is 1. The van der Waals surface area contributed by atoms with Crippen molar-refractivity contribution in [1.82, 2.24) is 10.3 Å². The van der Waals surface area contributed by atoms with E-state index < -0.39 is 0 Å². The molecule has 5 heteroatoms. The molecule has 1 aromatic rings. The summed E-state index contributed by atoms with van der Waals surface area (Å²) in [4.78, 5) is 16.3. The summed E-state index contributed by atoms with van der Waals surface area (Å²) in [5, 5.41) is 2.89. The van der Waals surface area contributed by atoms with Gasteiger partial charge in [-0.15, -0.1) is 0 Å². The van der Waals surface area contributed by atoms with Gasteiger partial charge in [-0.3, -0.25) is 4.79 Å². The van der Waals surface area contributed by atoms with E-state index in [-0.39, 0.29) is 16.1 Å². The van der Waals surface area contributed by atoms with E-state index in [2.05, 4.69) is 47.0 Å². The van der Waals surface area contributed by atoms with Crippen molar-refractivity contribution in [3.05, 3.63) is 23.9 Å². The predicted molar refractivity (Wildman–Crippen MR) is 79.9 cm³/mol. The highest BCUT2D eigenvalue weighted by Crippen LogP contribution is 2.24. The molecule has 106 valence electrons. The summed E-state index contributed by atoms with van der Waals surface area (Å²) in [5.41, 5.74) is 0.686. The maximum atomic E-state index is 12.0. The third kappa shape index (κ3) is 5.59. The predicted octanol–water partition coefficient (Wildman–Crippen LogP) is 3.02. The van der Waals surface area contributed by atoms with E-state index in [0.717, 1.165) is 6.42 Å². The zero-order valence-corrected chi connectivity index (χ0v) is 13.5. The number of rotatable bonds is 5. The quantitative estimate of drug-likeness (QED) is 0.845. The Morgan fingerprint density at radius 1 is 1.53 bits per heavy atom. The first-order chi connectivity index (χ1) is 8.83. The highest BCUT2D eigenvalue weighted by Gasteiger charge is 2.18. The van der Waals surface area contributed by atoms with Gasteiger partial charge in [-0.1, -0.05) is 36.7 Å². The van der Waals surface area contributed by atoms with Crippen LogP contribution >= 0.6 is 15.9 Å². The molecular weight excluding hydrogens is 308 g/mol. The lowest BCUT2D eigenvalue weighted by molar-refractivity contribution is 0.0948. The molecule has 0 saturated carbocycles. The third-order valence-electron chi connectivity index (χ3n) is 2.53. The van der Waals surface area contributed by atoms with Gasteiger partial charge < -0.3 is 10.1 Å². The molecule has 1 heterocycles. The Labute approximate surface area is 123 Å². The Hall–Kier alpha value is -1.10. The number of ether oxygens (including phenoxy) is 1. The van der Waals surface area contributed by atoms with Crippen LogP contribution in [-0.4, -0.2) is 29.4 Å². The molecule has 0 fully saturated rings. The molecule has 19 heavy (non-hydrogen) atoms. The number of hydrogen-bond acceptors (Lipinski definition) is 3. The standard InChI is InChI=1S/C14H21BrN2O2/c1-14(2,3)8-10(15)9-17-12(18)11-6-5-7-16-13(11)19-4/h5-7,10H,8-9H2,1-4H3,(H,17,18). The molecule has 1 aromatic heterocycles. The summed E-state index contributed by atoms with van der Waals surface area (Å²) in [6.45, 7) is 7.10. The van der Waals surface area contributed by atoms with Crippen molar-refractivity contribution in [3.8, 4) is 5.88 Å². The fourth-order valence-electron chi connectivity index (χ4n) is 1.76. The van der Waals surface area contributed by atoms with Gasteiger partial charge in [-0.05, 0) is 24.0 Å². The molecule has 0 saturated heterocycles. The number of carbonyl (C=O) groups excluding carboxylic acids is 1. The van der Waals surface area contributed by atoms with Gasteiger partial charge in [0.05, 0.1) is 7.11 Å². The Morgan fingerprint density at radius 2 is 2.21 bits per heavy atom. The zero-order chi connectivity index (χ0) is 14.5. The fraction of sp³-hybridized carbons (Fsp3) is 0.571. The van der Waals surface area contributed by atoms with Crippen molar-refractivity contribution in [1.29, 1.82) is 0 Å². The summed E-state index contributed by atoms with van der Waals surface area (Å²) in [6, 6.07) is 3.42. The average Bonchev–Trinajstić information content (AvgIpc) is 2.33. The van der Waals surface area contributed by atoms with Gasteiger partial charge in [-0.2, -0.15) is 0 Å². The molecule has 4 nitrogen and oxygen atoms in total. The maximum absolute atomic E-state index is 12.0. The van der Waals surface area contributed by atoms with E-state index in [1.165, 1.54) is 7.11 Å². The van der Waals surface area contributed by atoms with Crippen molar-refractivity contribution in [2.75, 3.05) is 13.7 Å². The molecule has 0 radical (unpaired) electrons. The van der Waals surface area contributed by atoms with E-state index in [4.69, 9.17) is 4.74 Å². The Kier molecular flexibility index (Phi) is 5.79. The largest absolute Gasteiger partial charge is 0.480 e. The zero-order valence-electron chi connectivity index (χ0n) is 11.9. The number of aromatic nitrogens is 1. The smallest absolute Gasteiger partial charge is 0.256 e.